The summed E-state index contributed by atoms with van der Waals surface area (Å²) in [6, 6.07) is 3.02. The molecule has 94 valence electrons. The molecule has 0 saturated carbocycles. The maximum Gasteiger partial charge on any atom is 0.141 e. The molecule has 0 aliphatic carbocycles. The summed E-state index contributed by atoms with van der Waals surface area (Å²) in [7, 11) is 0. The van der Waals surface area contributed by atoms with Crippen LogP contribution in [0.15, 0.2) is 35.1 Å². The third-order valence-electron chi connectivity index (χ3n) is 2.36. The Hall–Kier alpha value is -1.40. The van der Waals surface area contributed by atoms with E-state index in [1.54, 1.807) is 0 Å². The summed E-state index contributed by atoms with van der Waals surface area (Å²) in [6.45, 7) is 0. The fourth-order valence-corrected chi connectivity index (χ4v) is 1.96. The average Bonchev–Trinajstić information content (AvgIpc) is 2.27. The minimum atomic E-state index is -1.61. The quantitative estimate of drug-likeness (QED) is 0.921. The Morgan fingerprint density at radius 2 is 1.67 bits per heavy atom. The maximum absolute atomic E-state index is 13.6. The summed E-state index contributed by atoms with van der Waals surface area (Å²) < 4.78 is 40.4. The summed E-state index contributed by atoms with van der Waals surface area (Å²) in [5.41, 5.74) is -0.555. The normalized spacial score (nSPS) is 12.5. The molecule has 0 aliphatic heterocycles. The molecule has 2 rings (SSSR count). The van der Waals surface area contributed by atoms with Gasteiger partial charge in [0.2, 0.25) is 0 Å². The molecule has 1 aromatic heterocycles. The minimum absolute atomic E-state index is 0.0184. The molecule has 1 N–H and O–H groups in total. The second kappa shape index (κ2) is 5.07. The number of hydrogen-bond acceptors (Lipinski definition) is 2. The fraction of sp³-hybridized carbons (Fsp3) is 0.0833. The van der Waals surface area contributed by atoms with Crippen molar-refractivity contribution >= 4 is 15.9 Å². The Morgan fingerprint density at radius 3 is 2.22 bits per heavy atom. The summed E-state index contributed by atoms with van der Waals surface area (Å²) in [6.07, 6.45) is 0.473. The van der Waals surface area contributed by atoms with Gasteiger partial charge in [0.1, 0.15) is 23.6 Å². The lowest BCUT2D eigenvalue weighted by Gasteiger charge is -2.13. The van der Waals surface area contributed by atoms with E-state index in [1.165, 1.54) is 0 Å². The van der Waals surface area contributed by atoms with E-state index >= 15 is 0 Å². The number of aliphatic hydroxyl groups is 1. The number of benzene rings is 1. The predicted molar refractivity (Wildman–Crippen MR) is 62.3 cm³/mol. The first-order valence-corrected chi connectivity index (χ1v) is 5.71. The van der Waals surface area contributed by atoms with Gasteiger partial charge < -0.3 is 5.11 Å². The summed E-state index contributed by atoms with van der Waals surface area (Å²) in [4.78, 5) is 3.52. The van der Waals surface area contributed by atoms with Crippen LogP contribution in [0.3, 0.4) is 0 Å². The first-order chi connectivity index (χ1) is 8.49. The van der Waals surface area contributed by atoms with E-state index in [4.69, 9.17) is 0 Å². The largest absolute Gasteiger partial charge is 0.383 e. The van der Waals surface area contributed by atoms with Gasteiger partial charge >= 0.3 is 0 Å². The van der Waals surface area contributed by atoms with Crippen LogP contribution < -0.4 is 0 Å². The number of pyridine rings is 1. The van der Waals surface area contributed by atoms with Crippen molar-refractivity contribution in [1.29, 1.82) is 0 Å². The molecule has 0 aliphatic rings. The van der Waals surface area contributed by atoms with Gasteiger partial charge in [-0.3, -0.25) is 4.98 Å². The van der Waals surface area contributed by atoms with Crippen LogP contribution in [0, 0.1) is 17.5 Å². The minimum Gasteiger partial charge on any atom is -0.383 e. The molecule has 1 aromatic carbocycles. The monoisotopic (exact) mass is 317 g/mol. The van der Waals surface area contributed by atoms with E-state index in [1.807, 2.05) is 0 Å². The van der Waals surface area contributed by atoms with Crippen LogP contribution in [-0.4, -0.2) is 10.1 Å². The third kappa shape index (κ3) is 2.54. The van der Waals surface area contributed by atoms with Crippen LogP contribution in [-0.2, 0) is 0 Å². The van der Waals surface area contributed by atoms with Crippen molar-refractivity contribution in [3.63, 3.8) is 0 Å². The van der Waals surface area contributed by atoms with Crippen molar-refractivity contribution in [3.05, 3.63) is 63.6 Å². The predicted octanol–water partition coefficient (Wildman–Crippen LogP) is 3.34. The average molecular weight is 318 g/mol. The Bertz CT molecular complexity index is 568. The van der Waals surface area contributed by atoms with Crippen molar-refractivity contribution in [1.82, 2.24) is 4.98 Å². The lowest BCUT2D eigenvalue weighted by molar-refractivity contribution is 0.208. The van der Waals surface area contributed by atoms with E-state index in [2.05, 4.69) is 20.9 Å². The van der Waals surface area contributed by atoms with Gasteiger partial charge in [0.05, 0.1) is 11.8 Å². The van der Waals surface area contributed by atoms with Crippen LogP contribution in [0.4, 0.5) is 13.2 Å². The van der Waals surface area contributed by atoms with Gasteiger partial charge in [0, 0.05) is 16.2 Å². The molecule has 1 unspecified atom stereocenters. The van der Waals surface area contributed by atoms with E-state index in [9.17, 15) is 18.3 Å². The molecule has 0 saturated heterocycles. The van der Waals surface area contributed by atoms with E-state index < -0.39 is 29.1 Å². The van der Waals surface area contributed by atoms with E-state index in [0.29, 0.717) is 0 Å². The number of halogens is 4. The van der Waals surface area contributed by atoms with Gasteiger partial charge in [-0.2, -0.15) is 0 Å². The van der Waals surface area contributed by atoms with Crippen molar-refractivity contribution in [2.24, 2.45) is 0 Å². The Kier molecular flexibility index (Phi) is 3.68. The number of nitrogens with zero attached hydrogens (tertiary/aromatic N) is 1. The molecule has 2 aromatic rings. The molecule has 18 heavy (non-hydrogen) atoms. The first-order valence-electron chi connectivity index (χ1n) is 4.92. The number of hydrogen-bond donors (Lipinski definition) is 1. The third-order valence-corrected chi connectivity index (χ3v) is 2.82. The van der Waals surface area contributed by atoms with Crippen molar-refractivity contribution < 1.29 is 18.3 Å². The second-order valence-electron chi connectivity index (χ2n) is 3.62. The standard InChI is InChI=1S/C12H7BrF3NO/c13-7-2-9(15)11(10(16)3-7)12(18)6-1-8(14)5-17-4-6/h1-5,12,18H. The highest BCUT2D eigenvalue weighted by molar-refractivity contribution is 9.10. The SMILES string of the molecule is OC(c1cncc(F)c1)c1c(F)cc(Br)cc1F. The summed E-state index contributed by atoms with van der Waals surface area (Å²) in [5, 5.41) is 9.87. The Labute approximate surface area is 109 Å². The topological polar surface area (TPSA) is 33.1 Å². The highest BCUT2D eigenvalue weighted by atomic mass is 79.9. The first kappa shape index (κ1) is 13.0. The molecular formula is C12H7BrF3NO. The molecule has 0 spiro atoms. The highest BCUT2D eigenvalue weighted by Gasteiger charge is 2.21. The maximum atomic E-state index is 13.6. The zero-order chi connectivity index (χ0) is 13.3. The molecule has 6 heteroatoms. The Morgan fingerprint density at radius 1 is 1.06 bits per heavy atom. The lowest BCUT2D eigenvalue weighted by Crippen LogP contribution is -2.06. The number of rotatable bonds is 2. The number of aromatic nitrogens is 1. The fourth-order valence-electron chi connectivity index (χ4n) is 1.56. The molecule has 0 radical (unpaired) electrons. The van der Waals surface area contributed by atoms with Gasteiger partial charge in [0.25, 0.3) is 0 Å². The van der Waals surface area contributed by atoms with Crippen LogP contribution in [0.5, 0.6) is 0 Å². The van der Waals surface area contributed by atoms with Crippen molar-refractivity contribution in [3.8, 4) is 0 Å². The van der Waals surface area contributed by atoms with Crippen molar-refractivity contribution in [2.45, 2.75) is 6.10 Å². The molecule has 0 bridgehead atoms. The smallest absolute Gasteiger partial charge is 0.141 e. The second-order valence-corrected chi connectivity index (χ2v) is 4.54. The van der Waals surface area contributed by atoms with Gasteiger partial charge in [-0.15, -0.1) is 0 Å². The number of aliphatic hydroxyl groups excluding tert-OH is 1. The lowest BCUT2D eigenvalue weighted by atomic mass is 10.0. The zero-order valence-corrected chi connectivity index (χ0v) is 10.5. The molecule has 1 heterocycles. The molecule has 2 nitrogen and oxygen atoms in total. The van der Waals surface area contributed by atoms with E-state index in [-0.39, 0.29) is 10.0 Å². The molecular weight excluding hydrogens is 311 g/mol. The van der Waals surface area contributed by atoms with Crippen LogP contribution in [0.2, 0.25) is 0 Å². The van der Waals surface area contributed by atoms with Gasteiger partial charge in [0.15, 0.2) is 0 Å². The van der Waals surface area contributed by atoms with Gasteiger partial charge in [-0.05, 0) is 18.2 Å². The van der Waals surface area contributed by atoms with E-state index in [0.717, 1.165) is 30.6 Å². The molecule has 0 amide bonds. The zero-order valence-electron chi connectivity index (χ0n) is 8.87. The van der Waals surface area contributed by atoms with Crippen molar-refractivity contribution in [2.75, 3.05) is 0 Å². The van der Waals surface area contributed by atoms with Crippen LogP contribution in [0.25, 0.3) is 0 Å². The summed E-state index contributed by atoms with van der Waals surface area (Å²) in [5.74, 6) is -2.53. The summed E-state index contributed by atoms with van der Waals surface area (Å²) >= 11 is 2.93. The van der Waals surface area contributed by atoms with Gasteiger partial charge in [-0.1, -0.05) is 15.9 Å². The molecule has 1 atom stereocenters. The van der Waals surface area contributed by atoms with Crippen LogP contribution in [0.1, 0.15) is 17.2 Å². The Balaban J connectivity index is 2.49. The molecule has 0 fully saturated rings. The highest BCUT2D eigenvalue weighted by Crippen LogP contribution is 2.29. The van der Waals surface area contributed by atoms with Crippen LogP contribution >= 0.6 is 15.9 Å². The van der Waals surface area contributed by atoms with Gasteiger partial charge in [-0.25, -0.2) is 13.2 Å².